The summed E-state index contributed by atoms with van der Waals surface area (Å²) in [7, 11) is -5.90. The van der Waals surface area contributed by atoms with Gasteiger partial charge in [0.05, 0.1) is 0 Å². The van der Waals surface area contributed by atoms with Crippen LogP contribution in [0.15, 0.2) is 0 Å². The third-order valence-electron chi connectivity index (χ3n) is 0.580. The molecular weight excluding hydrogens is 280 g/mol. The van der Waals surface area contributed by atoms with Crippen LogP contribution >= 0.6 is 12.2 Å². The summed E-state index contributed by atoms with van der Waals surface area (Å²) in [6.45, 7) is 0. The number of hydrogen-bond acceptors (Lipinski definition) is 5. The number of halogens is 6. The molecule has 0 radical (unpaired) electrons. The van der Waals surface area contributed by atoms with Crippen molar-refractivity contribution in [3.05, 3.63) is 4.13 Å². The summed E-state index contributed by atoms with van der Waals surface area (Å²) < 4.78 is 92.7. The molecule has 15 heavy (non-hydrogen) atoms. The fraction of sp³-hybridized carbons (Fsp3) is 1.00. The van der Waals surface area contributed by atoms with Crippen molar-refractivity contribution >= 4 is 22.3 Å². The maximum atomic E-state index is 11.5. The first-order chi connectivity index (χ1) is 6.46. The SMILES string of the molecule is O=S(=O)([N-]SOOC(F)(F)F)C(F)(F)F. The number of rotatable bonds is 4. The Hall–Kier alpha value is -0.240. The molecule has 0 aromatic carbocycles. The fourth-order valence-electron chi connectivity index (χ4n) is 0.149. The van der Waals surface area contributed by atoms with E-state index in [1.165, 1.54) is 0 Å². The molecule has 0 unspecified atom stereocenters. The quantitative estimate of drug-likeness (QED) is 0.197. The summed E-state index contributed by atoms with van der Waals surface area (Å²) in [5, 5.41) is 0. The van der Waals surface area contributed by atoms with Crippen LogP contribution < -0.4 is 0 Å². The lowest BCUT2D eigenvalue weighted by atomic mass is 11.4. The molecule has 0 aromatic heterocycles. The third kappa shape index (κ3) is 6.03. The van der Waals surface area contributed by atoms with Gasteiger partial charge in [0.25, 0.3) is 0 Å². The zero-order valence-electron chi connectivity index (χ0n) is 6.16. The van der Waals surface area contributed by atoms with Crippen molar-refractivity contribution in [1.29, 1.82) is 0 Å². The van der Waals surface area contributed by atoms with Gasteiger partial charge in [0.2, 0.25) is 0 Å². The summed E-state index contributed by atoms with van der Waals surface area (Å²) in [4.78, 5) is 2.47. The van der Waals surface area contributed by atoms with Gasteiger partial charge in [0, 0.05) is 0 Å². The Balaban J connectivity index is 3.99. The fourth-order valence-corrected chi connectivity index (χ4v) is 1.01. The number of hydrogen-bond donors (Lipinski definition) is 0. The molecule has 0 aliphatic heterocycles. The molecule has 0 saturated heterocycles. The predicted octanol–water partition coefficient (Wildman–Crippen LogP) is 2.24. The van der Waals surface area contributed by atoms with Crippen LogP contribution in [0.3, 0.4) is 0 Å². The Labute approximate surface area is 83.0 Å². The van der Waals surface area contributed by atoms with Crippen LogP contribution in [0.4, 0.5) is 26.3 Å². The van der Waals surface area contributed by atoms with Gasteiger partial charge in [0.15, 0.2) is 10.0 Å². The molecule has 0 saturated carbocycles. The molecule has 0 aromatic rings. The molecule has 0 N–H and O–H groups in total. The maximum absolute atomic E-state index is 11.5. The monoisotopic (exact) mass is 280 g/mol. The van der Waals surface area contributed by atoms with E-state index in [-0.39, 0.29) is 0 Å². The van der Waals surface area contributed by atoms with Gasteiger partial charge in [-0.05, 0) is 0 Å². The number of nitrogens with zero attached hydrogens (tertiary/aromatic N) is 1. The lowest BCUT2D eigenvalue weighted by molar-refractivity contribution is -0.439. The van der Waals surface area contributed by atoms with Crippen LogP contribution in [0.5, 0.6) is 0 Å². The van der Waals surface area contributed by atoms with Crippen LogP contribution in [0.25, 0.3) is 4.13 Å². The van der Waals surface area contributed by atoms with Crippen molar-refractivity contribution in [3.63, 3.8) is 0 Å². The van der Waals surface area contributed by atoms with Crippen molar-refractivity contribution in [2.45, 2.75) is 11.9 Å². The third-order valence-corrected chi connectivity index (χ3v) is 2.32. The highest BCUT2D eigenvalue weighted by Gasteiger charge is 2.39. The first-order valence-electron chi connectivity index (χ1n) is 2.57. The number of sulfonamides is 1. The van der Waals surface area contributed by atoms with E-state index in [1.807, 2.05) is 0 Å². The molecule has 13 heteroatoms. The zero-order valence-corrected chi connectivity index (χ0v) is 7.80. The lowest BCUT2D eigenvalue weighted by Crippen LogP contribution is -2.20. The second-order valence-corrected chi connectivity index (χ2v) is 3.96. The highest BCUT2D eigenvalue weighted by atomic mass is 32.3. The maximum Gasteiger partial charge on any atom is 0.550 e. The van der Waals surface area contributed by atoms with Crippen LogP contribution in [-0.4, -0.2) is 20.3 Å². The molecule has 0 bridgehead atoms. The van der Waals surface area contributed by atoms with E-state index in [0.717, 1.165) is 0 Å². The summed E-state index contributed by atoms with van der Waals surface area (Å²) in [5.74, 6) is 0. The van der Waals surface area contributed by atoms with Gasteiger partial charge in [-0.2, -0.15) is 17.5 Å². The first-order valence-corrected chi connectivity index (χ1v) is 4.71. The molecule has 92 valence electrons. The molecular formula is C2F6NO4S2-. The second kappa shape index (κ2) is 4.73. The number of alkyl halides is 6. The average molecular weight is 280 g/mol. The minimum absolute atomic E-state index is 1.01. The van der Waals surface area contributed by atoms with E-state index in [0.29, 0.717) is 0 Å². The lowest BCUT2D eigenvalue weighted by Gasteiger charge is -2.19. The van der Waals surface area contributed by atoms with Gasteiger partial charge in [-0.15, -0.1) is 18.1 Å². The van der Waals surface area contributed by atoms with Gasteiger partial charge in [-0.1, -0.05) is 12.2 Å². The van der Waals surface area contributed by atoms with E-state index < -0.39 is 34.1 Å². The Bertz CT molecular complexity index is 293. The van der Waals surface area contributed by atoms with Crippen molar-refractivity contribution in [2.75, 3.05) is 0 Å². The van der Waals surface area contributed by atoms with Gasteiger partial charge >= 0.3 is 11.9 Å². The van der Waals surface area contributed by atoms with Crippen molar-refractivity contribution in [1.82, 2.24) is 0 Å². The van der Waals surface area contributed by atoms with E-state index in [1.54, 1.807) is 4.13 Å². The predicted molar refractivity (Wildman–Crippen MR) is 34.1 cm³/mol. The van der Waals surface area contributed by atoms with Crippen molar-refractivity contribution in [3.8, 4) is 0 Å². The van der Waals surface area contributed by atoms with E-state index in [4.69, 9.17) is 0 Å². The molecule has 5 nitrogen and oxygen atoms in total. The first kappa shape index (κ1) is 14.8. The van der Waals surface area contributed by atoms with Crippen LogP contribution in [0.2, 0.25) is 0 Å². The highest BCUT2D eigenvalue weighted by Crippen LogP contribution is 2.33. The molecule has 0 atom stereocenters. The smallest absolute Gasteiger partial charge is 0.458 e. The normalized spacial score (nSPS) is 14.3. The molecule has 0 heterocycles. The summed E-state index contributed by atoms with van der Waals surface area (Å²) >= 11 is -1.01. The Morgan fingerprint density at radius 3 is 1.87 bits per heavy atom. The summed E-state index contributed by atoms with van der Waals surface area (Å²) in [5.41, 5.74) is -5.71. The Morgan fingerprint density at radius 2 is 1.53 bits per heavy atom. The molecule has 0 amide bonds. The Morgan fingerprint density at radius 1 is 1.07 bits per heavy atom. The minimum atomic E-state index is -5.90. The van der Waals surface area contributed by atoms with Crippen LogP contribution in [0.1, 0.15) is 0 Å². The van der Waals surface area contributed by atoms with Crippen molar-refractivity contribution < 1.29 is 44.0 Å². The van der Waals surface area contributed by atoms with Gasteiger partial charge in [0.1, 0.15) is 0 Å². The van der Waals surface area contributed by atoms with Crippen molar-refractivity contribution in [2.24, 2.45) is 0 Å². The minimum Gasteiger partial charge on any atom is -0.458 e. The zero-order chi connectivity index (χ0) is 12.3. The molecule has 0 spiro atoms. The van der Waals surface area contributed by atoms with Crippen LogP contribution in [-0.2, 0) is 19.2 Å². The molecule has 0 aliphatic rings. The average Bonchev–Trinajstić information content (AvgIpc) is 1.94. The molecule has 0 rings (SSSR count). The standard InChI is InChI=1S/C2F6NO4S2/c3-1(4,5)12-13-14-9-15(10,11)2(6,7)8/q-1. The van der Waals surface area contributed by atoms with Gasteiger partial charge in [-0.3, -0.25) is 0 Å². The van der Waals surface area contributed by atoms with Gasteiger partial charge < -0.3 is 4.13 Å². The Kier molecular flexibility index (Phi) is 4.66. The van der Waals surface area contributed by atoms with E-state index >= 15 is 0 Å². The topological polar surface area (TPSA) is 66.7 Å². The summed E-state index contributed by atoms with van der Waals surface area (Å²) in [6, 6.07) is 0. The molecule has 0 aliphatic carbocycles. The largest absolute Gasteiger partial charge is 0.550 e. The van der Waals surface area contributed by atoms with E-state index in [9.17, 15) is 34.8 Å². The summed E-state index contributed by atoms with van der Waals surface area (Å²) in [6.07, 6.45) is -5.27. The highest BCUT2D eigenvalue weighted by molar-refractivity contribution is 8.14. The van der Waals surface area contributed by atoms with Gasteiger partial charge in [-0.25, -0.2) is 8.42 Å². The second-order valence-electron chi connectivity index (χ2n) is 1.67. The molecule has 0 fully saturated rings. The van der Waals surface area contributed by atoms with Crippen LogP contribution in [0, 0.1) is 0 Å². The van der Waals surface area contributed by atoms with E-state index in [2.05, 4.69) is 9.22 Å².